The van der Waals surface area contributed by atoms with Crippen LogP contribution in [0, 0.1) is 0 Å². The van der Waals surface area contributed by atoms with E-state index in [0.29, 0.717) is 31.5 Å². The van der Waals surface area contributed by atoms with Crippen LogP contribution in [0.4, 0.5) is 5.69 Å². The number of hydrogen-bond acceptors (Lipinski definition) is 3. The maximum atomic E-state index is 12.3. The Kier molecular flexibility index (Phi) is 7.07. The smallest absolute Gasteiger partial charge is 0.257 e. The minimum Gasteiger partial charge on any atom is -0.490 e. The van der Waals surface area contributed by atoms with E-state index >= 15 is 0 Å². The van der Waals surface area contributed by atoms with Crippen LogP contribution in [0.5, 0.6) is 5.75 Å². The molecule has 0 saturated carbocycles. The average Bonchev–Trinajstić information content (AvgIpc) is 2.53. The molecule has 4 nitrogen and oxygen atoms in total. The average molecular weight is 462 g/mol. The molecular weight excluding hydrogens is 447 g/mol. The predicted octanol–water partition coefficient (Wildman–Crippen LogP) is 5.67. The van der Waals surface area contributed by atoms with Crippen LogP contribution in [0.2, 0.25) is 10.0 Å². The lowest BCUT2D eigenvalue weighted by Crippen LogP contribution is -2.34. The third-order valence-corrected chi connectivity index (χ3v) is 4.63. The highest BCUT2D eigenvalue weighted by Crippen LogP contribution is 2.29. The van der Waals surface area contributed by atoms with Crippen molar-refractivity contribution in [2.75, 3.05) is 5.32 Å². The summed E-state index contributed by atoms with van der Waals surface area (Å²) in [6, 6.07) is 10.2. The number of amides is 1. The summed E-state index contributed by atoms with van der Waals surface area (Å²) in [6.07, 6.45) is 0.0372. The van der Waals surface area contributed by atoms with Crippen molar-refractivity contribution in [3.63, 3.8) is 0 Å². The molecule has 0 aromatic heterocycles. The number of anilines is 1. The van der Waals surface area contributed by atoms with Gasteiger partial charge in [-0.1, -0.05) is 29.3 Å². The van der Waals surface area contributed by atoms with Gasteiger partial charge in [-0.15, -0.1) is 0 Å². The van der Waals surface area contributed by atoms with Crippen molar-refractivity contribution in [2.24, 2.45) is 0 Å². The molecule has 2 aromatic carbocycles. The zero-order valence-electron chi connectivity index (χ0n) is 13.4. The zero-order chi connectivity index (χ0) is 18.6. The minimum atomic E-state index is -0.354. The maximum absolute atomic E-state index is 12.3. The second kappa shape index (κ2) is 8.85. The molecule has 0 atom stereocenters. The monoisotopic (exact) mass is 460 g/mol. The molecule has 25 heavy (non-hydrogen) atoms. The van der Waals surface area contributed by atoms with E-state index in [0.717, 1.165) is 0 Å². The van der Waals surface area contributed by atoms with Gasteiger partial charge in [0.15, 0.2) is 5.11 Å². The summed E-state index contributed by atoms with van der Waals surface area (Å²) in [5.74, 6) is 0.311. The Morgan fingerprint density at radius 3 is 2.60 bits per heavy atom. The van der Waals surface area contributed by atoms with Crippen LogP contribution < -0.4 is 15.4 Å². The van der Waals surface area contributed by atoms with Crippen LogP contribution in [-0.2, 0) is 0 Å². The van der Waals surface area contributed by atoms with Gasteiger partial charge in [-0.05, 0) is 72.3 Å². The Labute approximate surface area is 170 Å². The van der Waals surface area contributed by atoms with Gasteiger partial charge in [-0.3, -0.25) is 10.1 Å². The number of hydrogen-bond donors (Lipinski definition) is 2. The second-order valence-corrected chi connectivity index (χ2v) is 7.37. The van der Waals surface area contributed by atoms with Crippen molar-refractivity contribution in [2.45, 2.75) is 20.0 Å². The van der Waals surface area contributed by atoms with Crippen LogP contribution >= 0.6 is 51.3 Å². The molecule has 0 fully saturated rings. The Balaban J connectivity index is 2.05. The summed E-state index contributed by atoms with van der Waals surface area (Å²) >= 11 is 20.6. The molecule has 0 aliphatic heterocycles. The van der Waals surface area contributed by atoms with Crippen molar-refractivity contribution >= 4 is 68.1 Å². The summed E-state index contributed by atoms with van der Waals surface area (Å²) in [4.78, 5) is 12.3. The molecule has 2 rings (SSSR count). The van der Waals surface area contributed by atoms with Gasteiger partial charge < -0.3 is 10.1 Å². The van der Waals surface area contributed by atoms with E-state index in [1.165, 1.54) is 0 Å². The quantitative estimate of drug-likeness (QED) is 0.576. The first-order chi connectivity index (χ1) is 11.8. The molecule has 8 heteroatoms. The summed E-state index contributed by atoms with van der Waals surface area (Å²) in [6.45, 7) is 3.86. The summed E-state index contributed by atoms with van der Waals surface area (Å²) in [5, 5.41) is 6.29. The predicted molar refractivity (Wildman–Crippen MR) is 110 cm³/mol. The Bertz CT molecular complexity index is 815. The normalized spacial score (nSPS) is 10.5. The SMILES string of the molecule is CC(C)Oc1ccc(C(=O)NC(=S)Nc2cccc(Cl)c2Cl)cc1Br. The molecule has 0 spiro atoms. The molecule has 2 N–H and O–H groups in total. The Morgan fingerprint density at radius 1 is 1.24 bits per heavy atom. The van der Waals surface area contributed by atoms with Gasteiger partial charge in [-0.2, -0.15) is 0 Å². The van der Waals surface area contributed by atoms with Crippen molar-refractivity contribution in [3.05, 3.63) is 56.5 Å². The number of carbonyl (C=O) groups excluding carboxylic acids is 1. The van der Waals surface area contributed by atoms with Crippen LogP contribution in [0.25, 0.3) is 0 Å². The van der Waals surface area contributed by atoms with E-state index in [9.17, 15) is 4.79 Å². The molecule has 132 valence electrons. The lowest BCUT2D eigenvalue weighted by atomic mass is 10.2. The molecule has 0 bridgehead atoms. The van der Waals surface area contributed by atoms with Crippen molar-refractivity contribution < 1.29 is 9.53 Å². The summed E-state index contributed by atoms with van der Waals surface area (Å²) in [5.41, 5.74) is 0.950. The minimum absolute atomic E-state index is 0.0372. The topological polar surface area (TPSA) is 50.4 Å². The fraction of sp³-hybridized carbons (Fsp3) is 0.176. The molecule has 0 aliphatic carbocycles. The number of carbonyl (C=O) groups is 1. The Morgan fingerprint density at radius 2 is 1.96 bits per heavy atom. The third kappa shape index (κ3) is 5.57. The molecule has 0 saturated heterocycles. The Hall–Kier alpha value is -1.34. The molecule has 0 radical (unpaired) electrons. The molecular formula is C17H15BrCl2N2O2S. The number of nitrogens with one attached hydrogen (secondary N) is 2. The third-order valence-electron chi connectivity index (χ3n) is 2.98. The van der Waals surface area contributed by atoms with Gasteiger partial charge >= 0.3 is 0 Å². The highest BCUT2D eigenvalue weighted by atomic mass is 79.9. The first-order valence-corrected chi connectivity index (χ1v) is 9.26. The van der Waals surface area contributed by atoms with E-state index in [1.54, 1.807) is 36.4 Å². The van der Waals surface area contributed by atoms with E-state index in [2.05, 4.69) is 26.6 Å². The fourth-order valence-electron chi connectivity index (χ4n) is 1.92. The number of benzene rings is 2. The van der Waals surface area contributed by atoms with E-state index < -0.39 is 0 Å². The number of halogens is 3. The highest BCUT2D eigenvalue weighted by molar-refractivity contribution is 9.10. The standard InChI is InChI=1S/C17H15BrCl2N2O2S/c1-9(2)24-14-7-6-10(8-11(14)18)16(23)22-17(25)21-13-5-3-4-12(19)15(13)20/h3-9H,1-2H3,(H2,21,22,23,25). The van der Waals surface area contributed by atoms with E-state index in [1.807, 2.05) is 13.8 Å². The number of ether oxygens (including phenoxy) is 1. The second-order valence-electron chi connectivity index (χ2n) is 5.32. The van der Waals surface area contributed by atoms with Crippen molar-refractivity contribution in [1.82, 2.24) is 5.32 Å². The number of rotatable bonds is 4. The molecule has 0 unspecified atom stereocenters. The number of thiocarbonyl (C=S) groups is 1. The summed E-state index contributed by atoms with van der Waals surface area (Å²) < 4.78 is 6.31. The van der Waals surface area contributed by atoms with Gasteiger partial charge in [0, 0.05) is 5.56 Å². The van der Waals surface area contributed by atoms with E-state index in [4.69, 9.17) is 40.2 Å². The zero-order valence-corrected chi connectivity index (χ0v) is 17.3. The van der Waals surface area contributed by atoms with Gasteiger partial charge in [0.25, 0.3) is 5.91 Å². The fourth-order valence-corrected chi connectivity index (χ4v) is 2.94. The lowest BCUT2D eigenvalue weighted by Gasteiger charge is -2.13. The van der Waals surface area contributed by atoms with Crippen LogP contribution in [0.1, 0.15) is 24.2 Å². The van der Waals surface area contributed by atoms with Gasteiger partial charge in [0.1, 0.15) is 5.75 Å². The van der Waals surface area contributed by atoms with Gasteiger partial charge in [0.2, 0.25) is 0 Å². The van der Waals surface area contributed by atoms with Gasteiger partial charge in [-0.25, -0.2) is 0 Å². The molecule has 2 aromatic rings. The van der Waals surface area contributed by atoms with Crippen LogP contribution in [-0.4, -0.2) is 17.1 Å². The van der Waals surface area contributed by atoms with E-state index in [-0.39, 0.29) is 17.1 Å². The van der Waals surface area contributed by atoms with Crippen LogP contribution in [0.15, 0.2) is 40.9 Å². The first kappa shape index (κ1) is 20.0. The maximum Gasteiger partial charge on any atom is 0.257 e. The molecule has 0 heterocycles. The first-order valence-electron chi connectivity index (χ1n) is 7.30. The van der Waals surface area contributed by atoms with Crippen molar-refractivity contribution in [1.29, 1.82) is 0 Å². The molecule has 1 amide bonds. The van der Waals surface area contributed by atoms with Crippen molar-refractivity contribution in [3.8, 4) is 5.75 Å². The largest absolute Gasteiger partial charge is 0.490 e. The highest BCUT2D eigenvalue weighted by Gasteiger charge is 2.13. The van der Waals surface area contributed by atoms with Gasteiger partial charge in [0.05, 0.1) is 26.3 Å². The lowest BCUT2D eigenvalue weighted by molar-refractivity contribution is 0.0977. The molecule has 0 aliphatic rings. The van der Waals surface area contributed by atoms with Crippen LogP contribution in [0.3, 0.4) is 0 Å². The summed E-state index contributed by atoms with van der Waals surface area (Å²) in [7, 11) is 0.